The third-order valence-corrected chi connectivity index (χ3v) is 2.70. The number of aryl methyl sites for hydroxylation is 2. The lowest BCUT2D eigenvalue weighted by Crippen LogP contribution is -2.09. The maximum atomic E-state index is 5.95. The van der Waals surface area contributed by atoms with Gasteiger partial charge in [0.15, 0.2) is 0 Å². The molecular weight excluding hydrogens is 228 g/mol. The first-order valence-corrected chi connectivity index (χ1v) is 6.15. The van der Waals surface area contributed by atoms with Gasteiger partial charge in [0.05, 0.1) is 6.04 Å². The van der Waals surface area contributed by atoms with Crippen LogP contribution in [-0.2, 0) is 0 Å². The first-order valence-electron chi connectivity index (χ1n) is 6.15. The Morgan fingerprint density at radius 2 is 1.89 bits per heavy atom. The highest BCUT2D eigenvalue weighted by Gasteiger charge is 2.15. The fourth-order valence-corrected chi connectivity index (χ4v) is 1.90. The molecule has 5 nitrogen and oxygen atoms in total. The molecule has 0 radical (unpaired) electrons. The van der Waals surface area contributed by atoms with E-state index in [1.165, 1.54) is 0 Å². The van der Waals surface area contributed by atoms with E-state index in [4.69, 9.17) is 10.3 Å². The smallest absolute Gasteiger partial charge is 0.243 e. The van der Waals surface area contributed by atoms with Crippen LogP contribution in [0.3, 0.4) is 0 Å². The van der Waals surface area contributed by atoms with Crippen LogP contribution in [0.25, 0.3) is 11.4 Å². The highest BCUT2D eigenvalue weighted by atomic mass is 16.5. The molecule has 0 saturated carbocycles. The van der Waals surface area contributed by atoms with Gasteiger partial charge in [0.1, 0.15) is 0 Å². The van der Waals surface area contributed by atoms with E-state index in [1.807, 2.05) is 26.0 Å². The van der Waals surface area contributed by atoms with Gasteiger partial charge in [-0.2, -0.15) is 4.98 Å². The highest BCUT2D eigenvalue weighted by molar-refractivity contribution is 5.55. The molecule has 1 atom stereocenters. The average Bonchev–Trinajstić information content (AvgIpc) is 2.77. The van der Waals surface area contributed by atoms with Gasteiger partial charge in [0.2, 0.25) is 11.7 Å². The molecule has 0 bridgehead atoms. The number of rotatable bonds is 4. The van der Waals surface area contributed by atoms with Crippen molar-refractivity contribution in [3.05, 3.63) is 29.4 Å². The molecule has 0 aromatic carbocycles. The average molecular weight is 246 g/mol. The summed E-state index contributed by atoms with van der Waals surface area (Å²) in [6.07, 6.45) is 1.84. The van der Waals surface area contributed by atoms with Crippen molar-refractivity contribution in [1.29, 1.82) is 0 Å². The number of aromatic nitrogens is 3. The van der Waals surface area contributed by atoms with Crippen molar-refractivity contribution in [2.45, 2.75) is 39.7 Å². The summed E-state index contributed by atoms with van der Waals surface area (Å²) in [4.78, 5) is 8.67. The van der Waals surface area contributed by atoms with E-state index in [0.717, 1.165) is 29.8 Å². The second kappa shape index (κ2) is 5.27. The minimum absolute atomic E-state index is 0.180. The van der Waals surface area contributed by atoms with Gasteiger partial charge in [-0.25, -0.2) is 0 Å². The standard InChI is InChI=1S/C13H18N4O/c1-4-5-11(14)13-16-12(17-18-13)10-6-8(2)15-9(3)7-10/h6-7,11H,4-5,14H2,1-3H3/t11-/m0/s1. The molecule has 2 heterocycles. The Kier molecular flexibility index (Phi) is 3.72. The van der Waals surface area contributed by atoms with Crippen LogP contribution < -0.4 is 5.73 Å². The van der Waals surface area contributed by atoms with Crippen LogP contribution >= 0.6 is 0 Å². The summed E-state index contributed by atoms with van der Waals surface area (Å²) in [7, 11) is 0. The Balaban J connectivity index is 2.29. The van der Waals surface area contributed by atoms with E-state index in [-0.39, 0.29) is 6.04 Å². The molecule has 0 unspecified atom stereocenters. The molecule has 5 heteroatoms. The molecule has 0 aliphatic carbocycles. The molecule has 2 N–H and O–H groups in total. The fraction of sp³-hybridized carbons (Fsp3) is 0.462. The summed E-state index contributed by atoms with van der Waals surface area (Å²) in [5.74, 6) is 1.07. The molecule has 0 fully saturated rings. The van der Waals surface area contributed by atoms with Crippen molar-refractivity contribution in [1.82, 2.24) is 15.1 Å². The number of nitrogens with two attached hydrogens (primary N) is 1. The third-order valence-electron chi connectivity index (χ3n) is 2.70. The van der Waals surface area contributed by atoms with Crippen LogP contribution in [0.2, 0.25) is 0 Å². The quantitative estimate of drug-likeness (QED) is 0.896. The van der Waals surface area contributed by atoms with Gasteiger partial charge in [0.25, 0.3) is 0 Å². The van der Waals surface area contributed by atoms with Crippen molar-refractivity contribution in [2.75, 3.05) is 0 Å². The number of hydrogen-bond acceptors (Lipinski definition) is 5. The first-order chi connectivity index (χ1) is 8.60. The Labute approximate surface area is 106 Å². The SMILES string of the molecule is CCC[C@H](N)c1nc(-c2cc(C)nc(C)c2)no1. The lowest BCUT2D eigenvalue weighted by molar-refractivity contribution is 0.348. The molecule has 0 aliphatic heterocycles. The number of hydrogen-bond donors (Lipinski definition) is 1. The maximum Gasteiger partial charge on any atom is 0.243 e. The van der Waals surface area contributed by atoms with Crippen molar-refractivity contribution in [3.8, 4) is 11.4 Å². The molecular formula is C13H18N4O. The molecule has 96 valence electrons. The molecule has 18 heavy (non-hydrogen) atoms. The molecule has 2 aromatic rings. The Morgan fingerprint density at radius 1 is 1.22 bits per heavy atom. The molecule has 0 amide bonds. The van der Waals surface area contributed by atoms with Crippen molar-refractivity contribution >= 4 is 0 Å². The summed E-state index contributed by atoms with van der Waals surface area (Å²) < 4.78 is 5.21. The molecule has 2 rings (SSSR count). The lowest BCUT2D eigenvalue weighted by Gasteiger charge is -2.02. The summed E-state index contributed by atoms with van der Waals surface area (Å²) >= 11 is 0. The Morgan fingerprint density at radius 3 is 2.50 bits per heavy atom. The van der Waals surface area contributed by atoms with E-state index < -0.39 is 0 Å². The predicted molar refractivity (Wildman–Crippen MR) is 68.8 cm³/mol. The van der Waals surface area contributed by atoms with Gasteiger partial charge in [-0.15, -0.1) is 0 Å². The van der Waals surface area contributed by atoms with Gasteiger partial charge in [-0.05, 0) is 32.4 Å². The lowest BCUT2D eigenvalue weighted by atomic mass is 10.1. The molecule has 0 spiro atoms. The van der Waals surface area contributed by atoms with Crippen molar-refractivity contribution in [2.24, 2.45) is 5.73 Å². The first kappa shape index (κ1) is 12.7. The van der Waals surface area contributed by atoms with Gasteiger partial charge in [-0.3, -0.25) is 4.98 Å². The maximum absolute atomic E-state index is 5.95. The topological polar surface area (TPSA) is 77.8 Å². The van der Waals surface area contributed by atoms with E-state index in [9.17, 15) is 0 Å². The summed E-state index contributed by atoms with van der Waals surface area (Å²) in [6, 6.07) is 3.69. The minimum atomic E-state index is -0.180. The zero-order chi connectivity index (χ0) is 13.1. The second-order valence-electron chi connectivity index (χ2n) is 4.49. The second-order valence-corrected chi connectivity index (χ2v) is 4.49. The van der Waals surface area contributed by atoms with Gasteiger partial charge < -0.3 is 10.3 Å². The molecule has 0 aliphatic rings. The van der Waals surface area contributed by atoms with Gasteiger partial charge in [0, 0.05) is 17.0 Å². The number of nitrogens with zero attached hydrogens (tertiary/aromatic N) is 3. The van der Waals surface area contributed by atoms with Crippen LogP contribution in [0.5, 0.6) is 0 Å². The number of pyridine rings is 1. The summed E-state index contributed by atoms with van der Waals surface area (Å²) in [5, 5.41) is 3.98. The van der Waals surface area contributed by atoms with Gasteiger partial charge in [-0.1, -0.05) is 18.5 Å². The van der Waals surface area contributed by atoms with E-state index in [1.54, 1.807) is 0 Å². The molecule has 0 saturated heterocycles. The monoisotopic (exact) mass is 246 g/mol. The van der Waals surface area contributed by atoms with Crippen LogP contribution in [-0.4, -0.2) is 15.1 Å². The Bertz CT molecular complexity index is 515. The Hall–Kier alpha value is -1.75. The van der Waals surface area contributed by atoms with E-state index >= 15 is 0 Å². The van der Waals surface area contributed by atoms with E-state index in [0.29, 0.717) is 11.7 Å². The fourth-order valence-electron chi connectivity index (χ4n) is 1.90. The third kappa shape index (κ3) is 2.73. The van der Waals surface area contributed by atoms with Crippen LogP contribution in [0.1, 0.15) is 43.1 Å². The van der Waals surface area contributed by atoms with Crippen molar-refractivity contribution in [3.63, 3.8) is 0 Å². The highest BCUT2D eigenvalue weighted by Crippen LogP contribution is 2.20. The zero-order valence-corrected chi connectivity index (χ0v) is 11.0. The zero-order valence-electron chi connectivity index (χ0n) is 11.0. The van der Waals surface area contributed by atoms with Gasteiger partial charge >= 0.3 is 0 Å². The van der Waals surface area contributed by atoms with Crippen molar-refractivity contribution < 1.29 is 4.52 Å². The summed E-state index contributed by atoms with van der Waals surface area (Å²) in [6.45, 7) is 5.97. The van der Waals surface area contributed by atoms with Crippen LogP contribution in [0.4, 0.5) is 0 Å². The minimum Gasteiger partial charge on any atom is -0.337 e. The normalized spacial score (nSPS) is 12.7. The summed E-state index contributed by atoms with van der Waals surface area (Å²) in [5.41, 5.74) is 8.74. The van der Waals surface area contributed by atoms with E-state index in [2.05, 4.69) is 22.0 Å². The largest absolute Gasteiger partial charge is 0.337 e. The molecule has 2 aromatic heterocycles. The van der Waals surface area contributed by atoms with Crippen LogP contribution in [0, 0.1) is 13.8 Å². The predicted octanol–water partition coefficient (Wildman–Crippen LogP) is 2.55. The van der Waals surface area contributed by atoms with Crippen LogP contribution in [0.15, 0.2) is 16.7 Å².